The first-order chi connectivity index (χ1) is 17.1. The predicted octanol–water partition coefficient (Wildman–Crippen LogP) is 4.07. The fourth-order valence-electron chi connectivity index (χ4n) is 5.61. The van der Waals surface area contributed by atoms with Crippen LogP contribution in [0.5, 0.6) is 0 Å². The number of amidine groups is 1. The van der Waals surface area contributed by atoms with Crippen LogP contribution in [0.4, 0.5) is 17.1 Å². The van der Waals surface area contributed by atoms with Crippen molar-refractivity contribution in [3.05, 3.63) is 65.1 Å². The number of anilines is 3. The number of likely N-dealkylation sites (N-methyl/N-ethyl adjacent to an activating group) is 1. The molecule has 3 unspecified atom stereocenters. The van der Waals surface area contributed by atoms with Gasteiger partial charge in [0.2, 0.25) is 0 Å². The van der Waals surface area contributed by atoms with E-state index in [9.17, 15) is 0 Å². The van der Waals surface area contributed by atoms with E-state index < -0.39 is 0 Å². The molecule has 35 heavy (non-hydrogen) atoms. The highest BCUT2D eigenvalue weighted by Gasteiger charge is 2.34. The Hall–Kier alpha value is -3.19. The van der Waals surface area contributed by atoms with Crippen molar-refractivity contribution in [3.63, 3.8) is 0 Å². The zero-order chi connectivity index (χ0) is 23.9. The van der Waals surface area contributed by atoms with E-state index in [4.69, 9.17) is 9.73 Å². The first kappa shape index (κ1) is 22.3. The van der Waals surface area contributed by atoms with Gasteiger partial charge < -0.3 is 30.5 Å². The molecule has 1 fully saturated rings. The predicted molar refractivity (Wildman–Crippen MR) is 144 cm³/mol. The molecule has 3 aliphatic heterocycles. The highest BCUT2D eigenvalue weighted by atomic mass is 16.5. The smallest absolute Gasteiger partial charge is 0.129 e. The molecule has 1 saturated heterocycles. The van der Waals surface area contributed by atoms with E-state index in [1.54, 1.807) is 0 Å². The lowest BCUT2D eigenvalue weighted by Gasteiger charge is -2.34. The van der Waals surface area contributed by atoms with Gasteiger partial charge in [0, 0.05) is 49.9 Å². The summed E-state index contributed by atoms with van der Waals surface area (Å²) in [6.45, 7) is 9.41. The van der Waals surface area contributed by atoms with Gasteiger partial charge in [-0.3, -0.25) is 4.99 Å². The van der Waals surface area contributed by atoms with Crippen molar-refractivity contribution in [2.24, 2.45) is 10.9 Å². The van der Waals surface area contributed by atoms with Gasteiger partial charge in [0.25, 0.3) is 0 Å². The molecule has 184 valence electrons. The second-order valence-electron chi connectivity index (χ2n) is 10.2. The molecule has 5 aliphatic rings. The summed E-state index contributed by atoms with van der Waals surface area (Å²) in [7, 11) is 2.20. The van der Waals surface area contributed by atoms with Crippen LogP contribution in [0.1, 0.15) is 26.7 Å². The topological polar surface area (TPSA) is 64.2 Å². The second-order valence-corrected chi connectivity index (χ2v) is 10.2. The second kappa shape index (κ2) is 9.11. The molecule has 2 aliphatic carbocycles. The fourth-order valence-corrected chi connectivity index (χ4v) is 5.61. The Bertz CT molecular complexity index is 1150. The maximum absolute atomic E-state index is 5.67. The molecule has 0 aromatic heterocycles. The summed E-state index contributed by atoms with van der Waals surface area (Å²) in [5, 5.41) is 11.0. The minimum absolute atomic E-state index is 0.0695. The molecule has 3 N–H and O–H groups in total. The molecular weight excluding hydrogens is 436 g/mol. The van der Waals surface area contributed by atoms with E-state index >= 15 is 0 Å². The third-order valence-electron chi connectivity index (χ3n) is 7.67. The van der Waals surface area contributed by atoms with Crippen molar-refractivity contribution in [2.45, 2.75) is 38.9 Å². The van der Waals surface area contributed by atoms with Crippen LogP contribution in [0.2, 0.25) is 0 Å². The number of benzene rings is 1. The van der Waals surface area contributed by atoms with Crippen LogP contribution in [-0.4, -0.2) is 62.8 Å². The average Bonchev–Trinajstić information content (AvgIpc) is 3.49. The number of nitrogens with zero attached hydrogens (tertiary/aromatic N) is 3. The normalized spacial score (nSPS) is 27.8. The zero-order valence-corrected chi connectivity index (χ0v) is 21.0. The summed E-state index contributed by atoms with van der Waals surface area (Å²) in [5.74, 6) is 2.42. The summed E-state index contributed by atoms with van der Waals surface area (Å²) in [4.78, 5) is 9.94. The average molecular weight is 473 g/mol. The van der Waals surface area contributed by atoms with E-state index in [1.807, 2.05) is 6.92 Å². The number of nitrogens with one attached hydrogen (secondary N) is 3. The number of piperazine rings is 1. The number of aliphatic imine (C=N–C) groups is 1. The van der Waals surface area contributed by atoms with E-state index in [2.05, 4.69) is 82.2 Å². The molecule has 0 spiro atoms. The Morgan fingerprint density at radius 2 is 1.89 bits per heavy atom. The van der Waals surface area contributed by atoms with Gasteiger partial charge in [-0.1, -0.05) is 19.1 Å². The van der Waals surface area contributed by atoms with Crippen LogP contribution in [0.25, 0.3) is 0 Å². The van der Waals surface area contributed by atoms with Crippen LogP contribution >= 0.6 is 0 Å². The third-order valence-corrected chi connectivity index (χ3v) is 7.67. The molecule has 3 atom stereocenters. The van der Waals surface area contributed by atoms with Crippen LogP contribution in [0.3, 0.4) is 0 Å². The fraction of sp³-hybridized carbons (Fsp3) is 0.464. The minimum Gasteiger partial charge on any atom is -0.498 e. The van der Waals surface area contributed by atoms with Gasteiger partial charge in [-0.2, -0.15) is 0 Å². The molecule has 7 nitrogen and oxygen atoms in total. The Labute approximate surface area is 208 Å². The van der Waals surface area contributed by atoms with E-state index in [1.165, 1.54) is 33.9 Å². The van der Waals surface area contributed by atoms with Gasteiger partial charge in [-0.25, -0.2) is 0 Å². The number of hydrogen-bond acceptors (Lipinski definition) is 7. The first-order valence-electron chi connectivity index (χ1n) is 13.0. The molecular formula is C28H36N6O. The molecule has 0 amide bonds. The number of hydrogen-bond donors (Lipinski definition) is 3. The molecule has 0 bridgehead atoms. The molecule has 1 aromatic carbocycles. The number of rotatable bonds is 5. The van der Waals surface area contributed by atoms with Crippen LogP contribution < -0.4 is 20.9 Å². The lowest BCUT2D eigenvalue weighted by molar-refractivity contribution is 0.218. The van der Waals surface area contributed by atoms with Crippen LogP contribution in [0, 0.1) is 5.92 Å². The van der Waals surface area contributed by atoms with Crippen molar-refractivity contribution in [1.29, 1.82) is 0 Å². The van der Waals surface area contributed by atoms with E-state index in [-0.39, 0.29) is 12.2 Å². The highest BCUT2D eigenvalue weighted by Crippen LogP contribution is 2.38. The number of allylic oxidation sites excluding steroid dienone is 3. The van der Waals surface area contributed by atoms with E-state index in [0.29, 0.717) is 5.92 Å². The minimum atomic E-state index is 0.0695. The summed E-state index contributed by atoms with van der Waals surface area (Å²) < 4.78 is 5.67. The largest absolute Gasteiger partial charge is 0.498 e. The van der Waals surface area contributed by atoms with E-state index in [0.717, 1.165) is 57.2 Å². The monoisotopic (exact) mass is 472 g/mol. The standard InChI is InChI=1S/C28H36N6O/c1-4-35-22-8-5-19(6-9-22)27-31-25-16-20(15-18(2)26(25)32-27)28-29-23-10-7-21(17-24(23)30-28)34-13-11-33(3)12-14-34/h5,7-8,10,15-18,26,28-30H,4,6,9,11-14H2,1-3H3,(H,31,32). The Morgan fingerprint density at radius 3 is 2.66 bits per heavy atom. The summed E-state index contributed by atoms with van der Waals surface area (Å²) in [5.41, 5.74) is 7.38. The van der Waals surface area contributed by atoms with Crippen molar-refractivity contribution in [1.82, 2.24) is 10.2 Å². The third kappa shape index (κ3) is 4.33. The molecule has 0 saturated carbocycles. The first-order valence-corrected chi connectivity index (χ1v) is 13.0. The van der Waals surface area contributed by atoms with Crippen LogP contribution in [-0.2, 0) is 4.74 Å². The van der Waals surface area contributed by atoms with Gasteiger partial charge in [0.15, 0.2) is 0 Å². The quantitative estimate of drug-likeness (QED) is 0.601. The molecule has 1 aromatic rings. The maximum atomic E-state index is 5.67. The highest BCUT2D eigenvalue weighted by molar-refractivity contribution is 6.02. The van der Waals surface area contributed by atoms with Crippen molar-refractivity contribution >= 4 is 22.9 Å². The van der Waals surface area contributed by atoms with Crippen molar-refractivity contribution < 1.29 is 4.74 Å². The molecule has 7 heteroatoms. The Morgan fingerprint density at radius 1 is 1.06 bits per heavy atom. The summed E-state index contributed by atoms with van der Waals surface area (Å²) in [6, 6.07) is 6.92. The van der Waals surface area contributed by atoms with Crippen molar-refractivity contribution in [2.75, 3.05) is 55.4 Å². The maximum Gasteiger partial charge on any atom is 0.129 e. The summed E-state index contributed by atoms with van der Waals surface area (Å²) in [6.07, 6.45) is 10.9. The summed E-state index contributed by atoms with van der Waals surface area (Å²) >= 11 is 0. The Kier molecular flexibility index (Phi) is 5.80. The SMILES string of the molecule is CCOC1=CC=C(C2=NC3C(=CC(C4Nc5ccc(N6CCN(C)CC6)cc5N4)=CC3C)N2)CC1. The van der Waals surface area contributed by atoms with Crippen LogP contribution in [0.15, 0.2) is 70.1 Å². The lowest BCUT2D eigenvalue weighted by Crippen LogP contribution is -2.44. The molecule has 0 radical (unpaired) electrons. The van der Waals surface area contributed by atoms with Gasteiger partial charge in [-0.15, -0.1) is 0 Å². The zero-order valence-electron chi connectivity index (χ0n) is 21.0. The van der Waals surface area contributed by atoms with Crippen molar-refractivity contribution in [3.8, 4) is 0 Å². The number of fused-ring (bicyclic) bond motifs is 2. The van der Waals surface area contributed by atoms with Gasteiger partial charge >= 0.3 is 0 Å². The molecule has 3 heterocycles. The number of ether oxygens (including phenoxy) is 1. The molecule has 6 rings (SSSR count). The van der Waals surface area contributed by atoms with Gasteiger partial charge in [0.1, 0.15) is 12.0 Å². The van der Waals surface area contributed by atoms with Gasteiger partial charge in [0.05, 0.1) is 29.8 Å². The van der Waals surface area contributed by atoms with Gasteiger partial charge in [-0.05, 0) is 61.9 Å². The lowest BCUT2D eigenvalue weighted by atomic mass is 9.90. The Balaban J connectivity index is 1.15.